The summed E-state index contributed by atoms with van der Waals surface area (Å²) in [5.41, 5.74) is -0.183. The Morgan fingerprint density at radius 2 is 2.40 bits per heavy atom. The summed E-state index contributed by atoms with van der Waals surface area (Å²) in [5, 5.41) is 0. The summed E-state index contributed by atoms with van der Waals surface area (Å²) in [6.45, 7) is 6.12. The second-order valence-electron chi connectivity index (χ2n) is 3.25. The molecular weight excluding hydrogens is 128 g/mol. The number of hydrogen-bond acceptors (Lipinski definition) is 2. The maximum atomic E-state index is 10.8. The molecular formula is C8H14O2. The fourth-order valence-electron chi connectivity index (χ4n) is 1.29. The molecule has 10 heavy (non-hydrogen) atoms. The molecule has 1 heterocycles. The Kier molecular flexibility index (Phi) is 1.71. The molecule has 0 amide bonds. The van der Waals surface area contributed by atoms with Crippen molar-refractivity contribution in [3.8, 4) is 0 Å². The zero-order valence-corrected chi connectivity index (χ0v) is 6.81. The number of carbonyl (C=O) groups excluding carboxylic acids is 1. The van der Waals surface area contributed by atoms with Crippen molar-refractivity contribution in [1.82, 2.24) is 0 Å². The third-order valence-electron chi connectivity index (χ3n) is 2.56. The van der Waals surface area contributed by atoms with Gasteiger partial charge in [-0.3, -0.25) is 4.79 Å². The first-order chi connectivity index (χ1) is 4.58. The predicted octanol–water partition coefficient (Wildman–Crippen LogP) is 1.74. The maximum absolute atomic E-state index is 10.8. The standard InChI is InChI=1S/C8H14O2/c1-4-8(3)6(2)5-7(9)10-8/h6H,4-5H2,1-3H3. The molecule has 1 aliphatic heterocycles. The van der Waals surface area contributed by atoms with Crippen LogP contribution in [0.2, 0.25) is 0 Å². The van der Waals surface area contributed by atoms with Gasteiger partial charge in [0.25, 0.3) is 0 Å². The van der Waals surface area contributed by atoms with Crippen molar-refractivity contribution in [3.63, 3.8) is 0 Å². The van der Waals surface area contributed by atoms with Crippen LogP contribution in [-0.4, -0.2) is 11.6 Å². The minimum atomic E-state index is -0.183. The van der Waals surface area contributed by atoms with E-state index in [4.69, 9.17) is 4.74 Å². The molecule has 0 N–H and O–H groups in total. The van der Waals surface area contributed by atoms with E-state index in [1.54, 1.807) is 0 Å². The van der Waals surface area contributed by atoms with E-state index >= 15 is 0 Å². The van der Waals surface area contributed by atoms with E-state index in [0.717, 1.165) is 6.42 Å². The lowest BCUT2D eigenvalue weighted by atomic mass is 9.89. The van der Waals surface area contributed by atoms with Gasteiger partial charge in [-0.25, -0.2) is 0 Å². The van der Waals surface area contributed by atoms with Crippen molar-refractivity contribution in [2.45, 2.75) is 39.2 Å². The molecule has 0 aromatic heterocycles. The topological polar surface area (TPSA) is 26.3 Å². The monoisotopic (exact) mass is 142 g/mol. The molecule has 2 unspecified atom stereocenters. The first-order valence-electron chi connectivity index (χ1n) is 3.80. The van der Waals surface area contributed by atoms with Gasteiger partial charge in [-0.15, -0.1) is 0 Å². The molecule has 58 valence electrons. The third kappa shape index (κ3) is 1.02. The molecule has 1 fully saturated rings. The molecule has 0 aliphatic carbocycles. The summed E-state index contributed by atoms with van der Waals surface area (Å²) >= 11 is 0. The van der Waals surface area contributed by atoms with Gasteiger partial charge >= 0.3 is 5.97 Å². The highest BCUT2D eigenvalue weighted by molar-refractivity contribution is 5.72. The van der Waals surface area contributed by atoms with Crippen LogP contribution in [0.5, 0.6) is 0 Å². The average Bonchev–Trinajstić information content (AvgIpc) is 2.09. The molecule has 0 spiro atoms. The van der Waals surface area contributed by atoms with E-state index in [1.165, 1.54) is 0 Å². The van der Waals surface area contributed by atoms with Crippen LogP contribution >= 0.6 is 0 Å². The van der Waals surface area contributed by atoms with Crippen molar-refractivity contribution in [1.29, 1.82) is 0 Å². The maximum Gasteiger partial charge on any atom is 0.306 e. The fourth-order valence-corrected chi connectivity index (χ4v) is 1.29. The Morgan fingerprint density at radius 1 is 1.80 bits per heavy atom. The van der Waals surface area contributed by atoms with E-state index in [1.807, 2.05) is 6.92 Å². The van der Waals surface area contributed by atoms with Gasteiger partial charge in [-0.05, 0) is 13.3 Å². The molecule has 1 aliphatic rings. The normalized spacial score (nSPS) is 39.9. The van der Waals surface area contributed by atoms with Crippen molar-refractivity contribution < 1.29 is 9.53 Å². The number of esters is 1. The summed E-state index contributed by atoms with van der Waals surface area (Å²) in [5.74, 6) is 0.335. The second-order valence-corrected chi connectivity index (χ2v) is 3.25. The zero-order chi connectivity index (χ0) is 7.78. The van der Waals surface area contributed by atoms with E-state index in [0.29, 0.717) is 12.3 Å². The van der Waals surface area contributed by atoms with Gasteiger partial charge in [-0.2, -0.15) is 0 Å². The lowest BCUT2D eigenvalue weighted by molar-refractivity contribution is -0.148. The summed E-state index contributed by atoms with van der Waals surface area (Å²) in [6.07, 6.45) is 1.50. The lowest BCUT2D eigenvalue weighted by Gasteiger charge is -2.24. The number of rotatable bonds is 1. The summed E-state index contributed by atoms with van der Waals surface area (Å²) in [4.78, 5) is 10.8. The van der Waals surface area contributed by atoms with Gasteiger partial charge in [0.2, 0.25) is 0 Å². The first-order valence-corrected chi connectivity index (χ1v) is 3.80. The summed E-state index contributed by atoms with van der Waals surface area (Å²) in [6, 6.07) is 0. The number of cyclic esters (lactones) is 1. The highest BCUT2D eigenvalue weighted by Gasteiger charge is 2.40. The average molecular weight is 142 g/mol. The fraction of sp³-hybridized carbons (Fsp3) is 0.875. The Labute approximate surface area is 61.6 Å². The van der Waals surface area contributed by atoms with E-state index < -0.39 is 0 Å². The van der Waals surface area contributed by atoms with Crippen LogP contribution in [-0.2, 0) is 9.53 Å². The Bertz CT molecular complexity index is 153. The van der Waals surface area contributed by atoms with Gasteiger partial charge in [0.15, 0.2) is 0 Å². The van der Waals surface area contributed by atoms with Gasteiger partial charge < -0.3 is 4.74 Å². The van der Waals surface area contributed by atoms with Crippen molar-refractivity contribution in [2.75, 3.05) is 0 Å². The quantitative estimate of drug-likeness (QED) is 0.521. The number of ether oxygens (including phenoxy) is 1. The number of carbonyl (C=O) groups is 1. The minimum Gasteiger partial charge on any atom is -0.459 e. The third-order valence-corrected chi connectivity index (χ3v) is 2.56. The van der Waals surface area contributed by atoms with Gasteiger partial charge in [0.1, 0.15) is 5.60 Å². The molecule has 2 heteroatoms. The lowest BCUT2D eigenvalue weighted by Crippen LogP contribution is -2.28. The molecule has 0 aromatic carbocycles. The van der Waals surface area contributed by atoms with Crippen molar-refractivity contribution in [2.24, 2.45) is 5.92 Å². The Morgan fingerprint density at radius 3 is 2.60 bits per heavy atom. The van der Waals surface area contributed by atoms with Crippen LogP contribution in [0.3, 0.4) is 0 Å². The van der Waals surface area contributed by atoms with Gasteiger partial charge in [0, 0.05) is 5.92 Å². The predicted molar refractivity (Wildman–Crippen MR) is 38.6 cm³/mol. The van der Waals surface area contributed by atoms with Crippen LogP contribution < -0.4 is 0 Å². The van der Waals surface area contributed by atoms with Crippen molar-refractivity contribution >= 4 is 5.97 Å². The van der Waals surface area contributed by atoms with Gasteiger partial charge in [-0.1, -0.05) is 13.8 Å². The van der Waals surface area contributed by atoms with Crippen LogP contribution in [0.15, 0.2) is 0 Å². The SMILES string of the molecule is CCC1(C)OC(=O)CC1C. The molecule has 0 aromatic rings. The van der Waals surface area contributed by atoms with Crippen LogP contribution in [0.4, 0.5) is 0 Å². The number of hydrogen-bond donors (Lipinski definition) is 0. The molecule has 1 rings (SSSR count). The van der Waals surface area contributed by atoms with Crippen molar-refractivity contribution in [3.05, 3.63) is 0 Å². The van der Waals surface area contributed by atoms with E-state index in [-0.39, 0.29) is 11.6 Å². The molecule has 0 saturated carbocycles. The summed E-state index contributed by atoms with van der Waals surface area (Å²) < 4.78 is 5.17. The van der Waals surface area contributed by atoms with Crippen LogP contribution in [0.1, 0.15) is 33.6 Å². The largest absolute Gasteiger partial charge is 0.459 e. The molecule has 0 radical (unpaired) electrons. The smallest absolute Gasteiger partial charge is 0.306 e. The molecule has 2 nitrogen and oxygen atoms in total. The van der Waals surface area contributed by atoms with E-state index in [2.05, 4.69) is 13.8 Å². The summed E-state index contributed by atoms with van der Waals surface area (Å²) in [7, 11) is 0. The Hall–Kier alpha value is -0.530. The van der Waals surface area contributed by atoms with Crippen LogP contribution in [0, 0.1) is 5.92 Å². The highest BCUT2D eigenvalue weighted by Crippen LogP contribution is 2.34. The minimum absolute atomic E-state index is 0.0446. The first kappa shape index (κ1) is 7.58. The highest BCUT2D eigenvalue weighted by atomic mass is 16.6. The Balaban J connectivity index is 2.70. The molecule has 2 atom stereocenters. The van der Waals surface area contributed by atoms with Gasteiger partial charge in [0.05, 0.1) is 6.42 Å². The van der Waals surface area contributed by atoms with E-state index in [9.17, 15) is 4.79 Å². The second kappa shape index (κ2) is 2.26. The molecule has 1 saturated heterocycles. The zero-order valence-electron chi connectivity index (χ0n) is 6.81. The molecule has 0 bridgehead atoms. The van der Waals surface area contributed by atoms with Crippen LogP contribution in [0.25, 0.3) is 0 Å².